The highest BCUT2D eigenvalue weighted by Gasteiger charge is 2.14. The van der Waals surface area contributed by atoms with Crippen LogP contribution in [0.5, 0.6) is 0 Å². The molecule has 0 aliphatic rings. The lowest BCUT2D eigenvalue weighted by molar-refractivity contribution is -0.402. The molecule has 0 saturated carbocycles. The molecule has 122 valence electrons. The van der Waals surface area contributed by atoms with Crippen LogP contribution in [0.2, 0.25) is 0 Å². The summed E-state index contributed by atoms with van der Waals surface area (Å²) in [7, 11) is 0. The molecular weight excluding hydrogens is 334 g/mol. The summed E-state index contributed by atoms with van der Waals surface area (Å²) in [4.78, 5) is 9.96. The molecule has 0 aliphatic carbocycles. The first-order chi connectivity index (χ1) is 11.7. The summed E-state index contributed by atoms with van der Waals surface area (Å²) in [5.74, 6) is 1.07. The molecule has 0 fully saturated rings. The van der Waals surface area contributed by atoms with Gasteiger partial charge in [0.1, 0.15) is 10.7 Å². The van der Waals surface area contributed by atoms with Crippen LogP contribution in [0.4, 0.5) is 5.88 Å². The van der Waals surface area contributed by atoms with Crippen LogP contribution in [0.25, 0.3) is 17.7 Å². The number of nitrogens with zero attached hydrogens (tertiary/aromatic N) is 5. The van der Waals surface area contributed by atoms with Crippen molar-refractivity contribution in [3.05, 3.63) is 52.5 Å². The molecule has 0 bridgehead atoms. The number of hydrogen-bond acceptors (Lipinski definition) is 8. The molecule has 24 heavy (non-hydrogen) atoms. The Bertz CT molecular complexity index is 894. The van der Waals surface area contributed by atoms with Crippen molar-refractivity contribution in [3.8, 4) is 11.6 Å². The molecule has 10 heteroatoms. The molecule has 3 aromatic rings. The van der Waals surface area contributed by atoms with Crippen LogP contribution >= 0.6 is 11.8 Å². The minimum Gasteiger partial charge on any atom is -0.461 e. The predicted octanol–water partition coefficient (Wildman–Crippen LogP) is 3.31. The number of aromatic nitrogens is 3. The van der Waals surface area contributed by atoms with Crippen LogP contribution in [-0.2, 0) is 0 Å². The van der Waals surface area contributed by atoms with Crippen LogP contribution in [-0.4, -0.2) is 32.3 Å². The molecule has 3 aromatic heterocycles. The van der Waals surface area contributed by atoms with Gasteiger partial charge in [0.25, 0.3) is 0 Å². The van der Waals surface area contributed by atoms with Crippen molar-refractivity contribution in [1.29, 1.82) is 0 Å². The molecule has 0 atom stereocenters. The Hall–Kier alpha value is -3.14. The van der Waals surface area contributed by atoms with Crippen molar-refractivity contribution < 1.29 is 13.8 Å². The average molecular weight is 345 g/mol. The minimum atomic E-state index is -0.594. The summed E-state index contributed by atoms with van der Waals surface area (Å²) in [6.45, 7) is 0. The Balaban J connectivity index is 1.80. The second kappa shape index (κ2) is 6.96. The lowest BCUT2D eigenvalue weighted by atomic mass is 10.4. The molecule has 0 unspecified atom stereocenters. The van der Waals surface area contributed by atoms with E-state index in [0.29, 0.717) is 22.5 Å². The molecule has 3 heterocycles. The van der Waals surface area contributed by atoms with E-state index in [0.717, 1.165) is 0 Å². The lowest BCUT2D eigenvalue weighted by Crippen LogP contribution is -1.94. The Morgan fingerprint density at radius 3 is 2.92 bits per heavy atom. The second-order valence-corrected chi connectivity index (χ2v) is 5.13. The van der Waals surface area contributed by atoms with Gasteiger partial charge in [0.2, 0.25) is 11.0 Å². The normalized spacial score (nSPS) is 11.7. The van der Waals surface area contributed by atoms with Crippen LogP contribution in [0.15, 0.2) is 55.7 Å². The fraction of sp³-hybridized carbons (Fsp3) is 0.0714. The van der Waals surface area contributed by atoms with Crippen molar-refractivity contribution in [1.82, 2.24) is 14.9 Å². The summed E-state index contributed by atoms with van der Waals surface area (Å²) in [6, 6.07) is 6.30. The number of hydrogen-bond donors (Lipinski definition) is 0. The number of allylic oxidation sites excluding steroid dienone is 1. The van der Waals surface area contributed by atoms with E-state index in [4.69, 9.17) is 8.83 Å². The number of thioether (sulfide) groups is 1. The highest BCUT2D eigenvalue weighted by Crippen LogP contribution is 2.22. The van der Waals surface area contributed by atoms with Gasteiger partial charge in [0, 0.05) is 6.21 Å². The van der Waals surface area contributed by atoms with Gasteiger partial charge < -0.3 is 8.83 Å². The Kier molecular flexibility index (Phi) is 4.57. The van der Waals surface area contributed by atoms with Crippen LogP contribution in [0.3, 0.4) is 0 Å². The standard InChI is InChI=1S/C14H11N5O4S/c1-24-14-17-16-13(11-5-3-9-22-11)18(14)15-8-2-4-10-6-7-12(23-10)19(20)21/h2-9H,1H3. The van der Waals surface area contributed by atoms with Crippen LogP contribution in [0, 0.1) is 10.1 Å². The van der Waals surface area contributed by atoms with Crippen molar-refractivity contribution in [2.45, 2.75) is 5.16 Å². The maximum atomic E-state index is 10.6. The quantitative estimate of drug-likeness (QED) is 0.291. The molecule has 9 nitrogen and oxygen atoms in total. The average Bonchev–Trinajstić information content (AvgIpc) is 3.30. The van der Waals surface area contributed by atoms with Gasteiger partial charge in [-0.2, -0.15) is 9.78 Å². The van der Waals surface area contributed by atoms with Gasteiger partial charge in [-0.25, -0.2) is 0 Å². The second-order valence-electron chi connectivity index (χ2n) is 4.36. The van der Waals surface area contributed by atoms with Gasteiger partial charge in [0.05, 0.1) is 12.3 Å². The summed E-state index contributed by atoms with van der Waals surface area (Å²) < 4.78 is 11.9. The smallest absolute Gasteiger partial charge is 0.433 e. The number of furan rings is 2. The number of nitro groups is 1. The largest absolute Gasteiger partial charge is 0.461 e. The maximum Gasteiger partial charge on any atom is 0.433 e. The van der Waals surface area contributed by atoms with E-state index in [1.165, 1.54) is 30.1 Å². The number of rotatable bonds is 6. The summed E-state index contributed by atoms with van der Waals surface area (Å²) >= 11 is 1.39. The van der Waals surface area contributed by atoms with E-state index in [2.05, 4.69) is 15.3 Å². The Morgan fingerprint density at radius 1 is 1.38 bits per heavy atom. The SMILES string of the molecule is CSc1nnc(-c2ccco2)n1N=CC=Cc1ccc([N+](=O)[O-])o1. The van der Waals surface area contributed by atoms with E-state index in [9.17, 15) is 10.1 Å². The van der Waals surface area contributed by atoms with Gasteiger partial charge >= 0.3 is 5.88 Å². The highest BCUT2D eigenvalue weighted by molar-refractivity contribution is 7.98. The van der Waals surface area contributed by atoms with Gasteiger partial charge in [-0.05, 0) is 36.6 Å². The summed E-state index contributed by atoms with van der Waals surface area (Å²) in [6.07, 6.45) is 8.06. The van der Waals surface area contributed by atoms with E-state index < -0.39 is 4.92 Å². The van der Waals surface area contributed by atoms with Gasteiger partial charge in [0.15, 0.2) is 5.76 Å². The minimum absolute atomic E-state index is 0.310. The Morgan fingerprint density at radius 2 is 2.25 bits per heavy atom. The molecule has 0 amide bonds. The van der Waals surface area contributed by atoms with Crippen molar-refractivity contribution in [2.75, 3.05) is 6.26 Å². The summed E-state index contributed by atoms with van der Waals surface area (Å²) in [5, 5.41) is 23.5. The monoisotopic (exact) mass is 345 g/mol. The van der Waals surface area contributed by atoms with Crippen molar-refractivity contribution in [3.63, 3.8) is 0 Å². The van der Waals surface area contributed by atoms with E-state index in [1.807, 2.05) is 6.26 Å². The third kappa shape index (κ3) is 3.27. The third-order valence-corrected chi connectivity index (χ3v) is 3.48. The van der Waals surface area contributed by atoms with E-state index in [-0.39, 0.29) is 5.88 Å². The Labute approximate surface area is 139 Å². The zero-order chi connectivity index (χ0) is 16.9. The van der Waals surface area contributed by atoms with Crippen LogP contribution < -0.4 is 0 Å². The zero-order valence-corrected chi connectivity index (χ0v) is 13.2. The molecule has 0 saturated heterocycles. The van der Waals surface area contributed by atoms with Gasteiger partial charge in [-0.3, -0.25) is 10.1 Å². The summed E-state index contributed by atoms with van der Waals surface area (Å²) in [5.41, 5.74) is 0. The first kappa shape index (κ1) is 15.7. The molecule has 0 aromatic carbocycles. The fourth-order valence-electron chi connectivity index (χ4n) is 1.83. The fourth-order valence-corrected chi connectivity index (χ4v) is 2.26. The molecular formula is C14H11N5O4S. The molecule has 0 spiro atoms. The van der Waals surface area contributed by atoms with Crippen molar-refractivity contribution in [2.24, 2.45) is 5.10 Å². The lowest BCUT2D eigenvalue weighted by Gasteiger charge is -1.99. The zero-order valence-electron chi connectivity index (χ0n) is 12.4. The topological polar surface area (TPSA) is 112 Å². The van der Waals surface area contributed by atoms with E-state index in [1.54, 1.807) is 35.2 Å². The molecule has 0 radical (unpaired) electrons. The van der Waals surface area contributed by atoms with E-state index >= 15 is 0 Å². The maximum absolute atomic E-state index is 10.6. The van der Waals surface area contributed by atoms with Crippen LogP contribution in [0.1, 0.15) is 5.76 Å². The molecule has 0 aliphatic heterocycles. The van der Waals surface area contributed by atoms with Gasteiger partial charge in [-0.15, -0.1) is 10.2 Å². The molecule has 0 N–H and O–H groups in total. The van der Waals surface area contributed by atoms with Crippen molar-refractivity contribution >= 4 is 29.9 Å². The molecule has 3 rings (SSSR count). The highest BCUT2D eigenvalue weighted by atomic mass is 32.2. The first-order valence-corrected chi connectivity index (χ1v) is 7.90. The predicted molar refractivity (Wildman–Crippen MR) is 87.8 cm³/mol. The first-order valence-electron chi connectivity index (χ1n) is 6.67. The third-order valence-electron chi connectivity index (χ3n) is 2.86. The van der Waals surface area contributed by atoms with Gasteiger partial charge in [-0.1, -0.05) is 11.8 Å².